The molecule has 1 aromatic heterocycles. The molecule has 3 rings (SSSR count). The van der Waals surface area contributed by atoms with Gasteiger partial charge in [-0.1, -0.05) is 11.6 Å². The molecule has 1 saturated heterocycles. The third kappa shape index (κ3) is 4.67. The molecule has 2 aromatic rings. The maximum atomic E-state index is 12.8. The van der Waals surface area contributed by atoms with Crippen LogP contribution in [-0.2, 0) is 20.9 Å². The van der Waals surface area contributed by atoms with Crippen LogP contribution in [0, 0.1) is 0 Å². The molecule has 0 aliphatic carbocycles. The number of nitrogen functional groups attached to an aromatic ring is 1. The number of ether oxygens (including phenoxy) is 1. The lowest BCUT2D eigenvalue weighted by Gasteiger charge is -2.34. The van der Waals surface area contributed by atoms with Crippen LogP contribution in [0.3, 0.4) is 0 Å². The topological polar surface area (TPSA) is 119 Å². The van der Waals surface area contributed by atoms with E-state index in [2.05, 4.69) is 14.7 Å². The van der Waals surface area contributed by atoms with Gasteiger partial charge in [-0.25, -0.2) is 23.2 Å². The number of methoxy groups -OCH3 is 1. The van der Waals surface area contributed by atoms with Crippen LogP contribution < -0.4 is 10.6 Å². The van der Waals surface area contributed by atoms with Gasteiger partial charge >= 0.3 is 12.1 Å². The fourth-order valence-electron chi connectivity index (χ4n) is 2.97. The predicted octanol–water partition coefficient (Wildman–Crippen LogP) is 2.03. The molecule has 0 radical (unpaired) electrons. The average molecular weight is 480 g/mol. The zero-order valence-corrected chi connectivity index (χ0v) is 17.6. The molecule has 31 heavy (non-hydrogen) atoms. The van der Waals surface area contributed by atoms with Gasteiger partial charge in [0.1, 0.15) is 0 Å². The number of halogens is 4. The summed E-state index contributed by atoms with van der Waals surface area (Å²) >= 11 is 6.11. The number of carbonyl (C=O) groups is 1. The van der Waals surface area contributed by atoms with Crippen molar-refractivity contribution in [3.8, 4) is 0 Å². The molecule has 14 heteroatoms. The maximum absolute atomic E-state index is 12.8. The summed E-state index contributed by atoms with van der Waals surface area (Å²) in [5.41, 5.74) is 4.57. The minimum atomic E-state index is -4.56. The van der Waals surface area contributed by atoms with E-state index in [0.717, 1.165) is 35.7 Å². The first kappa shape index (κ1) is 23.0. The second-order valence-corrected chi connectivity index (χ2v) is 8.77. The van der Waals surface area contributed by atoms with Crippen LogP contribution in [0.5, 0.6) is 0 Å². The number of hydrogen-bond acceptors (Lipinski definition) is 8. The molecule has 1 aliphatic rings. The van der Waals surface area contributed by atoms with E-state index in [4.69, 9.17) is 17.3 Å². The van der Waals surface area contributed by atoms with Crippen molar-refractivity contribution in [2.45, 2.75) is 11.1 Å². The molecule has 9 nitrogen and oxygen atoms in total. The Labute approximate surface area is 180 Å². The second kappa shape index (κ2) is 8.48. The number of benzene rings is 1. The van der Waals surface area contributed by atoms with Crippen LogP contribution in [0.1, 0.15) is 16.1 Å². The molecular weight excluding hydrogens is 463 g/mol. The molecule has 0 unspecified atom stereocenters. The highest BCUT2D eigenvalue weighted by Crippen LogP contribution is 2.31. The minimum Gasteiger partial charge on any atom is -0.464 e. The van der Waals surface area contributed by atoms with E-state index < -0.39 is 27.7 Å². The van der Waals surface area contributed by atoms with Gasteiger partial charge in [0.25, 0.3) is 0 Å². The smallest absolute Gasteiger partial charge is 0.416 e. The van der Waals surface area contributed by atoms with Crippen LogP contribution in [0.15, 0.2) is 29.2 Å². The quantitative estimate of drug-likeness (QED) is 0.662. The standard InChI is InChI=1S/C17H17ClF3N5O4S/c1-30-16(27)12-14(22)24-15(13(18)23-12)25-6-8-26(9-7-25)31(28,29)11-4-2-10(3-5-11)17(19,20)21/h2-5H,6-9H2,1H3,(H2,22,24). The Morgan fingerprint density at radius 1 is 1.13 bits per heavy atom. The van der Waals surface area contributed by atoms with E-state index in [1.165, 1.54) is 0 Å². The summed E-state index contributed by atoms with van der Waals surface area (Å²) < 4.78 is 69.3. The summed E-state index contributed by atoms with van der Waals surface area (Å²) in [6, 6.07) is 3.31. The van der Waals surface area contributed by atoms with Crippen molar-refractivity contribution in [3.05, 3.63) is 40.7 Å². The van der Waals surface area contributed by atoms with Gasteiger partial charge in [-0.05, 0) is 24.3 Å². The van der Waals surface area contributed by atoms with E-state index in [-0.39, 0.29) is 53.6 Å². The Bertz CT molecular complexity index is 1090. The van der Waals surface area contributed by atoms with Gasteiger partial charge in [-0.3, -0.25) is 0 Å². The van der Waals surface area contributed by atoms with Crippen molar-refractivity contribution < 1.29 is 31.1 Å². The fourth-order valence-corrected chi connectivity index (χ4v) is 4.64. The molecule has 1 aliphatic heterocycles. The number of hydrogen-bond donors (Lipinski definition) is 1. The van der Waals surface area contributed by atoms with Gasteiger partial charge in [0.05, 0.1) is 17.6 Å². The lowest BCUT2D eigenvalue weighted by molar-refractivity contribution is -0.137. The lowest BCUT2D eigenvalue weighted by Crippen LogP contribution is -2.49. The average Bonchev–Trinajstić information content (AvgIpc) is 2.74. The molecule has 0 spiro atoms. The first-order valence-corrected chi connectivity index (χ1v) is 10.6. The first-order chi connectivity index (χ1) is 14.4. The van der Waals surface area contributed by atoms with Gasteiger partial charge in [0, 0.05) is 26.2 Å². The van der Waals surface area contributed by atoms with Crippen LogP contribution in [-0.4, -0.2) is 61.9 Å². The Morgan fingerprint density at radius 2 is 1.71 bits per heavy atom. The lowest BCUT2D eigenvalue weighted by atomic mass is 10.2. The highest BCUT2D eigenvalue weighted by molar-refractivity contribution is 7.89. The van der Waals surface area contributed by atoms with Crippen molar-refractivity contribution in [2.24, 2.45) is 0 Å². The van der Waals surface area contributed by atoms with E-state index >= 15 is 0 Å². The SMILES string of the molecule is COC(=O)c1nc(Cl)c(N2CCN(S(=O)(=O)c3ccc(C(F)(F)F)cc3)CC2)nc1N. The van der Waals surface area contributed by atoms with Gasteiger partial charge in [0.2, 0.25) is 10.0 Å². The number of sulfonamides is 1. The number of piperazine rings is 1. The Kier molecular flexibility index (Phi) is 6.30. The predicted molar refractivity (Wildman–Crippen MR) is 105 cm³/mol. The molecule has 2 heterocycles. The van der Waals surface area contributed by atoms with Crippen LogP contribution >= 0.6 is 11.6 Å². The Morgan fingerprint density at radius 3 is 2.23 bits per heavy atom. The molecule has 168 valence electrons. The summed E-state index contributed by atoms with van der Waals surface area (Å²) in [7, 11) is -2.83. The van der Waals surface area contributed by atoms with E-state index in [1.54, 1.807) is 4.90 Å². The summed E-state index contributed by atoms with van der Waals surface area (Å²) in [6.45, 7) is 0.399. The van der Waals surface area contributed by atoms with Crippen molar-refractivity contribution in [3.63, 3.8) is 0 Å². The zero-order chi connectivity index (χ0) is 23.0. The van der Waals surface area contributed by atoms with Crippen molar-refractivity contribution in [2.75, 3.05) is 43.9 Å². The number of aromatic nitrogens is 2. The number of rotatable bonds is 4. The molecule has 2 N–H and O–H groups in total. The summed E-state index contributed by atoms with van der Waals surface area (Å²) in [5, 5.41) is -0.103. The first-order valence-electron chi connectivity index (χ1n) is 8.79. The molecule has 0 bridgehead atoms. The zero-order valence-electron chi connectivity index (χ0n) is 16.1. The van der Waals surface area contributed by atoms with Gasteiger partial charge in [-0.2, -0.15) is 17.5 Å². The number of carbonyl (C=O) groups excluding carboxylic acids is 1. The number of anilines is 2. The molecule has 0 atom stereocenters. The van der Waals surface area contributed by atoms with Crippen molar-refractivity contribution in [1.29, 1.82) is 0 Å². The van der Waals surface area contributed by atoms with Crippen LogP contribution in [0.2, 0.25) is 5.15 Å². The molecule has 0 amide bonds. The van der Waals surface area contributed by atoms with E-state index in [1.807, 2.05) is 0 Å². The normalized spacial score (nSPS) is 15.7. The maximum Gasteiger partial charge on any atom is 0.416 e. The monoisotopic (exact) mass is 479 g/mol. The number of alkyl halides is 3. The minimum absolute atomic E-state index is 0.0278. The van der Waals surface area contributed by atoms with E-state index in [0.29, 0.717) is 0 Å². The van der Waals surface area contributed by atoms with Crippen LogP contribution in [0.25, 0.3) is 0 Å². The fraction of sp³-hybridized carbons (Fsp3) is 0.353. The number of esters is 1. The highest BCUT2D eigenvalue weighted by atomic mass is 35.5. The number of nitrogens with zero attached hydrogens (tertiary/aromatic N) is 4. The largest absolute Gasteiger partial charge is 0.464 e. The summed E-state index contributed by atoms with van der Waals surface area (Å²) in [5.74, 6) is -0.810. The highest BCUT2D eigenvalue weighted by Gasteiger charge is 2.33. The van der Waals surface area contributed by atoms with E-state index in [9.17, 15) is 26.4 Å². The summed E-state index contributed by atoms with van der Waals surface area (Å²) in [4.78, 5) is 21.0. The van der Waals surface area contributed by atoms with Crippen LogP contribution in [0.4, 0.5) is 24.8 Å². The second-order valence-electron chi connectivity index (χ2n) is 6.48. The van der Waals surface area contributed by atoms with Gasteiger partial charge in [0.15, 0.2) is 22.5 Å². The number of nitrogens with two attached hydrogens (primary N) is 1. The molecular formula is C17H17ClF3N5O4S. The third-order valence-electron chi connectivity index (χ3n) is 4.60. The molecule has 0 saturated carbocycles. The van der Waals surface area contributed by atoms with Crippen molar-refractivity contribution >= 4 is 39.2 Å². The third-order valence-corrected chi connectivity index (χ3v) is 6.77. The molecule has 1 fully saturated rings. The van der Waals surface area contributed by atoms with Crippen molar-refractivity contribution in [1.82, 2.24) is 14.3 Å². The van der Waals surface area contributed by atoms with Gasteiger partial charge in [-0.15, -0.1) is 0 Å². The summed E-state index contributed by atoms with van der Waals surface area (Å²) in [6.07, 6.45) is -4.56. The molecule has 1 aromatic carbocycles. The van der Waals surface area contributed by atoms with Gasteiger partial charge < -0.3 is 15.4 Å². The Hall–Kier alpha value is -2.64. The Balaban J connectivity index is 1.74.